The number of hydrogen-bond donors (Lipinski definition) is 1. The Morgan fingerprint density at radius 1 is 0.893 bits per heavy atom. The molecule has 0 bridgehead atoms. The molecule has 1 aliphatic heterocycles. The van der Waals surface area contributed by atoms with E-state index in [0.717, 1.165) is 37.0 Å². The van der Waals surface area contributed by atoms with Gasteiger partial charge in [-0.05, 0) is 23.6 Å². The summed E-state index contributed by atoms with van der Waals surface area (Å²) in [7, 11) is 0. The third-order valence-corrected chi connectivity index (χ3v) is 5.61. The van der Waals surface area contributed by atoms with Gasteiger partial charge in [-0.1, -0.05) is 60.1 Å². The second kappa shape index (κ2) is 8.82. The Bertz CT molecular complexity index is 911. The van der Waals surface area contributed by atoms with Crippen molar-refractivity contribution in [1.82, 2.24) is 4.90 Å². The van der Waals surface area contributed by atoms with E-state index in [9.17, 15) is 5.11 Å². The minimum atomic E-state index is -0.550. The molecule has 0 amide bonds. The van der Waals surface area contributed by atoms with E-state index in [0.29, 0.717) is 17.3 Å². The van der Waals surface area contributed by atoms with Crippen LogP contribution in [0, 0.1) is 0 Å². The molecule has 146 valence electrons. The number of ether oxygens (including phenoxy) is 1. The quantitative estimate of drug-likeness (QED) is 0.681. The number of para-hydroxylation sites is 1. The van der Waals surface area contributed by atoms with Crippen LogP contribution in [-0.4, -0.2) is 55.4 Å². The van der Waals surface area contributed by atoms with Crippen molar-refractivity contribution < 1.29 is 9.84 Å². The van der Waals surface area contributed by atoms with Crippen LogP contribution >= 0.6 is 11.6 Å². The summed E-state index contributed by atoms with van der Waals surface area (Å²) in [4.78, 5) is 4.67. The highest BCUT2D eigenvalue weighted by Crippen LogP contribution is 2.32. The number of piperazine rings is 1. The Morgan fingerprint density at radius 2 is 1.61 bits per heavy atom. The normalized spacial score (nSPS) is 16.3. The lowest BCUT2D eigenvalue weighted by molar-refractivity contribution is 0.0664. The Morgan fingerprint density at radius 3 is 2.39 bits per heavy atom. The minimum absolute atomic E-state index is 0.233. The molecule has 5 heteroatoms. The molecule has 1 N–H and O–H groups in total. The van der Waals surface area contributed by atoms with Gasteiger partial charge in [-0.15, -0.1) is 0 Å². The van der Waals surface area contributed by atoms with Crippen LogP contribution in [0.15, 0.2) is 66.7 Å². The van der Waals surface area contributed by atoms with Crippen molar-refractivity contribution in [3.05, 3.63) is 71.8 Å². The Kier molecular flexibility index (Phi) is 6.01. The molecule has 1 heterocycles. The first-order valence-corrected chi connectivity index (χ1v) is 10.1. The molecule has 0 radical (unpaired) electrons. The zero-order valence-electron chi connectivity index (χ0n) is 15.8. The number of rotatable bonds is 6. The standard InChI is InChI=1S/C23H25ClN2O2/c24-23-21-9-5-4-6-18(21)10-11-22(23)28-17-20(27)16-25-12-14-26(15-13-25)19-7-2-1-3-8-19/h1-11,20,27H,12-17H2/t20-/m0/s1. The van der Waals surface area contributed by atoms with E-state index < -0.39 is 6.10 Å². The van der Waals surface area contributed by atoms with Gasteiger partial charge in [0.15, 0.2) is 0 Å². The van der Waals surface area contributed by atoms with Crippen LogP contribution in [0.3, 0.4) is 0 Å². The third-order valence-electron chi connectivity index (χ3n) is 5.22. The van der Waals surface area contributed by atoms with Crippen molar-refractivity contribution in [1.29, 1.82) is 0 Å². The minimum Gasteiger partial charge on any atom is -0.489 e. The van der Waals surface area contributed by atoms with Crippen molar-refractivity contribution in [2.75, 3.05) is 44.2 Å². The summed E-state index contributed by atoms with van der Waals surface area (Å²) in [5.74, 6) is 0.619. The van der Waals surface area contributed by atoms with Crippen molar-refractivity contribution in [2.45, 2.75) is 6.10 Å². The van der Waals surface area contributed by atoms with Gasteiger partial charge < -0.3 is 14.7 Å². The maximum atomic E-state index is 10.4. The highest BCUT2D eigenvalue weighted by Gasteiger charge is 2.20. The van der Waals surface area contributed by atoms with Crippen LogP contribution in [-0.2, 0) is 0 Å². The molecule has 28 heavy (non-hydrogen) atoms. The molecular formula is C23H25ClN2O2. The number of aliphatic hydroxyl groups excluding tert-OH is 1. The molecule has 1 aliphatic rings. The second-order valence-corrected chi connectivity index (χ2v) is 7.56. The fraction of sp³-hybridized carbons (Fsp3) is 0.304. The molecule has 0 aromatic heterocycles. The van der Waals surface area contributed by atoms with Crippen molar-refractivity contribution in [2.24, 2.45) is 0 Å². The zero-order valence-corrected chi connectivity index (χ0v) is 16.6. The molecule has 3 aromatic carbocycles. The summed E-state index contributed by atoms with van der Waals surface area (Å²) in [6.07, 6.45) is -0.550. The predicted octanol–water partition coefficient (Wildman–Crippen LogP) is 4.06. The van der Waals surface area contributed by atoms with E-state index in [-0.39, 0.29) is 6.61 Å². The lowest BCUT2D eigenvalue weighted by Crippen LogP contribution is -2.49. The van der Waals surface area contributed by atoms with Gasteiger partial charge in [-0.25, -0.2) is 0 Å². The topological polar surface area (TPSA) is 35.9 Å². The molecule has 0 aliphatic carbocycles. The number of nitrogens with zero attached hydrogens (tertiary/aromatic N) is 2. The van der Waals surface area contributed by atoms with E-state index in [4.69, 9.17) is 16.3 Å². The van der Waals surface area contributed by atoms with Gasteiger partial charge >= 0.3 is 0 Å². The molecular weight excluding hydrogens is 372 g/mol. The smallest absolute Gasteiger partial charge is 0.138 e. The van der Waals surface area contributed by atoms with Crippen LogP contribution in [0.5, 0.6) is 5.75 Å². The summed E-state index contributed by atoms with van der Waals surface area (Å²) in [6, 6.07) is 22.3. The van der Waals surface area contributed by atoms with Crippen LogP contribution in [0.25, 0.3) is 10.8 Å². The number of aliphatic hydroxyl groups is 1. The molecule has 0 spiro atoms. The first-order chi connectivity index (χ1) is 13.7. The SMILES string of the molecule is O[C@H](COc1ccc2ccccc2c1Cl)CN1CCN(c2ccccc2)CC1. The van der Waals surface area contributed by atoms with E-state index in [1.54, 1.807) is 0 Å². The van der Waals surface area contributed by atoms with E-state index in [2.05, 4.69) is 34.1 Å². The largest absolute Gasteiger partial charge is 0.489 e. The van der Waals surface area contributed by atoms with Crippen LogP contribution in [0.2, 0.25) is 5.02 Å². The second-order valence-electron chi connectivity index (χ2n) is 7.19. The fourth-order valence-electron chi connectivity index (χ4n) is 3.69. The van der Waals surface area contributed by atoms with Crippen molar-refractivity contribution >= 4 is 28.1 Å². The number of benzene rings is 3. The van der Waals surface area contributed by atoms with E-state index in [1.165, 1.54) is 5.69 Å². The summed E-state index contributed by atoms with van der Waals surface area (Å²) >= 11 is 6.47. The number of β-amino-alcohol motifs (C(OH)–C–C–N with tert-alkyl or cyclic N) is 1. The molecule has 4 nitrogen and oxygen atoms in total. The van der Waals surface area contributed by atoms with Crippen molar-refractivity contribution in [3.8, 4) is 5.75 Å². The van der Waals surface area contributed by atoms with Gasteiger partial charge in [0.05, 0.1) is 5.02 Å². The zero-order chi connectivity index (χ0) is 19.3. The average Bonchev–Trinajstić information content (AvgIpc) is 2.75. The number of fused-ring (bicyclic) bond motifs is 1. The van der Waals surface area contributed by atoms with Gasteiger partial charge in [0.1, 0.15) is 18.5 Å². The third kappa shape index (κ3) is 4.41. The molecule has 0 saturated carbocycles. The molecule has 4 rings (SSSR count). The molecule has 3 aromatic rings. The van der Waals surface area contributed by atoms with E-state index >= 15 is 0 Å². The Labute approximate surface area is 170 Å². The van der Waals surface area contributed by atoms with Gasteiger partial charge in [-0.2, -0.15) is 0 Å². The van der Waals surface area contributed by atoms with Crippen molar-refractivity contribution in [3.63, 3.8) is 0 Å². The average molecular weight is 397 g/mol. The highest BCUT2D eigenvalue weighted by atomic mass is 35.5. The summed E-state index contributed by atoms with van der Waals surface area (Å²) in [5.41, 5.74) is 1.26. The maximum Gasteiger partial charge on any atom is 0.138 e. The van der Waals surface area contributed by atoms with Crippen LogP contribution in [0.4, 0.5) is 5.69 Å². The van der Waals surface area contributed by atoms with E-state index in [1.807, 2.05) is 42.5 Å². The van der Waals surface area contributed by atoms with Gasteiger partial charge in [-0.3, -0.25) is 4.90 Å². The molecule has 1 fully saturated rings. The fourth-order valence-corrected chi connectivity index (χ4v) is 3.98. The van der Waals surface area contributed by atoms with Crippen LogP contribution < -0.4 is 9.64 Å². The monoisotopic (exact) mass is 396 g/mol. The maximum absolute atomic E-state index is 10.4. The van der Waals surface area contributed by atoms with Crippen LogP contribution in [0.1, 0.15) is 0 Å². The molecule has 0 unspecified atom stereocenters. The summed E-state index contributed by atoms with van der Waals surface area (Å²) < 4.78 is 5.82. The first kappa shape index (κ1) is 19.1. The predicted molar refractivity (Wildman–Crippen MR) is 116 cm³/mol. The Hall–Kier alpha value is -2.27. The van der Waals surface area contributed by atoms with Gasteiger partial charge in [0.25, 0.3) is 0 Å². The number of hydrogen-bond acceptors (Lipinski definition) is 4. The molecule has 1 saturated heterocycles. The highest BCUT2D eigenvalue weighted by molar-refractivity contribution is 6.37. The summed E-state index contributed by atoms with van der Waals surface area (Å²) in [6.45, 7) is 4.64. The summed E-state index contributed by atoms with van der Waals surface area (Å²) in [5, 5.41) is 13.1. The lowest BCUT2D eigenvalue weighted by atomic mass is 10.1. The number of halogens is 1. The molecule has 1 atom stereocenters. The van der Waals surface area contributed by atoms with Gasteiger partial charge in [0, 0.05) is 43.8 Å². The number of anilines is 1. The first-order valence-electron chi connectivity index (χ1n) is 9.71. The Balaban J connectivity index is 1.27. The lowest BCUT2D eigenvalue weighted by Gasteiger charge is -2.36. The van der Waals surface area contributed by atoms with Gasteiger partial charge in [0.2, 0.25) is 0 Å².